The quantitative estimate of drug-likeness (QED) is 0.851. The summed E-state index contributed by atoms with van der Waals surface area (Å²) in [5.41, 5.74) is 0.621. The van der Waals surface area contributed by atoms with Crippen LogP contribution >= 0.6 is 0 Å². The van der Waals surface area contributed by atoms with Crippen molar-refractivity contribution in [3.63, 3.8) is 0 Å². The van der Waals surface area contributed by atoms with Gasteiger partial charge < -0.3 is 9.80 Å². The standard InChI is InChI=1S/C16H18FN3O/c1-19(2)16(21)14-4-3-9-20(14)15-8-6-11-5-7-12(17)10-13(11)18-15/h5-8,10,14H,3-4,9H2,1-2H3/t14-/m0/s1. The molecule has 1 atom stereocenters. The van der Waals surface area contributed by atoms with Crippen LogP contribution < -0.4 is 4.90 Å². The number of fused-ring (bicyclic) bond motifs is 1. The number of hydrogen-bond acceptors (Lipinski definition) is 3. The van der Waals surface area contributed by atoms with Crippen LogP contribution in [0.1, 0.15) is 12.8 Å². The number of rotatable bonds is 2. The fourth-order valence-corrected chi connectivity index (χ4v) is 2.84. The summed E-state index contributed by atoms with van der Waals surface area (Å²) in [6.45, 7) is 0.804. The second kappa shape index (κ2) is 5.31. The van der Waals surface area contributed by atoms with Gasteiger partial charge in [0.1, 0.15) is 17.7 Å². The first-order valence-electron chi connectivity index (χ1n) is 7.10. The summed E-state index contributed by atoms with van der Waals surface area (Å²) in [6, 6.07) is 8.23. The molecule has 0 radical (unpaired) electrons. The Morgan fingerprint density at radius 1 is 1.33 bits per heavy atom. The van der Waals surface area contributed by atoms with E-state index in [1.54, 1.807) is 25.1 Å². The number of carbonyl (C=O) groups excluding carboxylic acids is 1. The lowest BCUT2D eigenvalue weighted by atomic mass is 10.2. The molecule has 1 aliphatic heterocycles. The van der Waals surface area contributed by atoms with Crippen molar-refractivity contribution in [3.8, 4) is 0 Å². The van der Waals surface area contributed by atoms with Crippen LogP contribution in [0, 0.1) is 5.82 Å². The predicted octanol–water partition coefficient (Wildman–Crippen LogP) is 2.43. The van der Waals surface area contributed by atoms with E-state index in [2.05, 4.69) is 4.98 Å². The molecule has 110 valence electrons. The largest absolute Gasteiger partial charge is 0.347 e. The third-order valence-corrected chi connectivity index (χ3v) is 3.91. The van der Waals surface area contributed by atoms with Crippen LogP contribution in [0.4, 0.5) is 10.2 Å². The monoisotopic (exact) mass is 287 g/mol. The Labute approximate surface area is 123 Å². The molecule has 0 aliphatic carbocycles. The molecule has 1 aromatic heterocycles. The minimum Gasteiger partial charge on any atom is -0.347 e. The zero-order valence-electron chi connectivity index (χ0n) is 12.2. The van der Waals surface area contributed by atoms with E-state index < -0.39 is 0 Å². The average Bonchev–Trinajstić information content (AvgIpc) is 2.94. The lowest BCUT2D eigenvalue weighted by molar-refractivity contribution is -0.129. The molecule has 2 aromatic rings. The van der Waals surface area contributed by atoms with Gasteiger partial charge in [-0.3, -0.25) is 4.79 Å². The summed E-state index contributed by atoms with van der Waals surface area (Å²) in [7, 11) is 3.53. The van der Waals surface area contributed by atoms with Crippen molar-refractivity contribution in [3.05, 3.63) is 36.1 Å². The van der Waals surface area contributed by atoms with Crippen LogP contribution in [0.25, 0.3) is 10.9 Å². The first-order chi connectivity index (χ1) is 10.1. The van der Waals surface area contributed by atoms with E-state index in [-0.39, 0.29) is 17.8 Å². The molecule has 4 nitrogen and oxygen atoms in total. The molecular formula is C16H18FN3O. The zero-order valence-corrected chi connectivity index (χ0v) is 12.2. The molecule has 5 heteroatoms. The van der Waals surface area contributed by atoms with E-state index >= 15 is 0 Å². The van der Waals surface area contributed by atoms with Gasteiger partial charge in [0, 0.05) is 32.1 Å². The highest BCUT2D eigenvalue weighted by molar-refractivity contribution is 5.86. The van der Waals surface area contributed by atoms with Gasteiger partial charge in [-0.1, -0.05) is 0 Å². The van der Waals surface area contributed by atoms with Crippen LogP contribution in [0.5, 0.6) is 0 Å². The summed E-state index contributed by atoms with van der Waals surface area (Å²) in [5.74, 6) is 0.536. The highest BCUT2D eigenvalue weighted by atomic mass is 19.1. The third kappa shape index (κ3) is 2.55. The molecule has 0 saturated carbocycles. The summed E-state index contributed by atoms with van der Waals surface area (Å²) in [5, 5.41) is 0.898. The Hall–Kier alpha value is -2.17. The number of likely N-dealkylation sites (N-methyl/N-ethyl adjacent to an activating group) is 1. The van der Waals surface area contributed by atoms with Gasteiger partial charge in [0.2, 0.25) is 5.91 Å². The number of nitrogens with zero attached hydrogens (tertiary/aromatic N) is 3. The molecular weight excluding hydrogens is 269 g/mol. The minimum atomic E-state index is -0.297. The average molecular weight is 287 g/mol. The SMILES string of the molecule is CN(C)C(=O)[C@@H]1CCCN1c1ccc2ccc(F)cc2n1. The lowest BCUT2D eigenvalue weighted by Crippen LogP contribution is -2.43. The number of benzene rings is 1. The first-order valence-corrected chi connectivity index (χ1v) is 7.10. The number of halogens is 1. The Morgan fingerprint density at radius 2 is 2.10 bits per heavy atom. The van der Waals surface area contributed by atoms with E-state index in [0.29, 0.717) is 5.52 Å². The maximum absolute atomic E-state index is 13.3. The summed E-state index contributed by atoms with van der Waals surface area (Å²) < 4.78 is 13.3. The highest BCUT2D eigenvalue weighted by Crippen LogP contribution is 2.27. The Kier molecular flexibility index (Phi) is 3.49. The second-order valence-corrected chi connectivity index (χ2v) is 5.59. The van der Waals surface area contributed by atoms with E-state index in [9.17, 15) is 9.18 Å². The Bertz CT molecular complexity index is 686. The van der Waals surface area contributed by atoms with Crippen molar-refractivity contribution in [1.82, 2.24) is 9.88 Å². The Balaban J connectivity index is 1.97. The molecule has 0 unspecified atom stereocenters. The van der Waals surface area contributed by atoms with Crippen LogP contribution in [0.2, 0.25) is 0 Å². The highest BCUT2D eigenvalue weighted by Gasteiger charge is 2.32. The summed E-state index contributed by atoms with van der Waals surface area (Å²) in [6.07, 6.45) is 1.80. The van der Waals surface area contributed by atoms with Crippen molar-refractivity contribution in [2.75, 3.05) is 25.5 Å². The van der Waals surface area contributed by atoms with Crippen LogP contribution in [0.15, 0.2) is 30.3 Å². The molecule has 3 rings (SSSR count). The van der Waals surface area contributed by atoms with Crippen LogP contribution in [-0.2, 0) is 4.79 Å². The number of aromatic nitrogens is 1. The normalized spacial score (nSPS) is 18.2. The second-order valence-electron chi connectivity index (χ2n) is 5.59. The van der Waals surface area contributed by atoms with Gasteiger partial charge in [0.25, 0.3) is 0 Å². The summed E-state index contributed by atoms with van der Waals surface area (Å²) >= 11 is 0. The fraction of sp³-hybridized carbons (Fsp3) is 0.375. The van der Waals surface area contributed by atoms with Gasteiger partial charge in [-0.15, -0.1) is 0 Å². The van der Waals surface area contributed by atoms with E-state index in [0.717, 1.165) is 30.6 Å². The van der Waals surface area contributed by atoms with E-state index in [4.69, 9.17) is 0 Å². The zero-order chi connectivity index (χ0) is 15.0. The molecule has 0 bridgehead atoms. The smallest absolute Gasteiger partial charge is 0.244 e. The van der Waals surface area contributed by atoms with Gasteiger partial charge in [-0.25, -0.2) is 9.37 Å². The fourth-order valence-electron chi connectivity index (χ4n) is 2.84. The van der Waals surface area contributed by atoms with Crippen LogP contribution in [0.3, 0.4) is 0 Å². The number of anilines is 1. The molecule has 21 heavy (non-hydrogen) atoms. The Morgan fingerprint density at radius 3 is 2.86 bits per heavy atom. The summed E-state index contributed by atoms with van der Waals surface area (Å²) in [4.78, 5) is 20.4. The molecule has 0 N–H and O–H groups in total. The molecule has 2 heterocycles. The molecule has 0 spiro atoms. The molecule has 1 fully saturated rings. The van der Waals surface area contributed by atoms with Gasteiger partial charge in [-0.2, -0.15) is 0 Å². The molecule has 1 amide bonds. The van der Waals surface area contributed by atoms with Crippen LogP contribution in [-0.4, -0.2) is 42.5 Å². The number of amides is 1. The van der Waals surface area contributed by atoms with Crippen molar-refractivity contribution >= 4 is 22.6 Å². The van der Waals surface area contributed by atoms with Crippen molar-refractivity contribution in [2.24, 2.45) is 0 Å². The van der Waals surface area contributed by atoms with Crippen molar-refractivity contribution in [1.29, 1.82) is 0 Å². The maximum atomic E-state index is 13.3. The van der Waals surface area contributed by atoms with E-state index in [1.807, 2.05) is 17.0 Å². The van der Waals surface area contributed by atoms with Crippen molar-refractivity contribution in [2.45, 2.75) is 18.9 Å². The number of carbonyl (C=O) groups is 1. The van der Waals surface area contributed by atoms with Gasteiger partial charge in [0.05, 0.1) is 5.52 Å². The molecule has 1 aliphatic rings. The van der Waals surface area contributed by atoms with Crippen molar-refractivity contribution < 1.29 is 9.18 Å². The molecule has 1 aromatic carbocycles. The van der Waals surface area contributed by atoms with Gasteiger partial charge in [0.15, 0.2) is 0 Å². The van der Waals surface area contributed by atoms with E-state index in [1.165, 1.54) is 12.1 Å². The predicted molar refractivity (Wildman–Crippen MR) is 80.8 cm³/mol. The number of hydrogen-bond donors (Lipinski definition) is 0. The van der Waals surface area contributed by atoms with Gasteiger partial charge >= 0.3 is 0 Å². The first kappa shape index (κ1) is 13.8. The third-order valence-electron chi connectivity index (χ3n) is 3.91. The van der Waals surface area contributed by atoms with Gasteiger partial charge in [-0.05, 0) is 37.1 Å². The minimum absolute atomic E-state index is 0.0913. The lowest BCUT2D eigenvalue weighted by Gasteiger charge is -2.27. The topological polar surface area (TPSA) is 36.4 Å². The maximum Gasteiger partial charge on any atom is 0.244 e. The molecule has 1 saturated heterocycles. The number of pyridine rings is 1.